The van der Waals surface area contributed by atoms with Gasteiger partial charge in [-0.25, -0.2) is 9.29 Å². The van der Waals surface area contributed by atoms with Crippen LogP contribution in [-0.4, -0.2) is 18.4 Å². The maximum atomic E-state index is 14.2. The second-order valence-corrected chi connectivity index (χ2v) is 5.46. The number of fused-ring (bicyclic) bond motifs is 1. The molecule has 118 valence electrons. The van der Waals surface area contributed by atoms with Crippen molar-refractivity contribution in [3.8, 4) is 5.75 Å². The first-order valence-electron chi connectivity index (χ1n) is 6.32. The van der Waals surface area contributed by atoms with E-state index in [-0.39, 0.29) is 21.3 Å². The van der Waals surface area contributed by atoms with Gasteiger partial charge in [-0.05, 0) is 34.1 Å². The Bertz CT molecular complexity index is 791. The maximum absolute atomic E-state index is 14.2. The van der Waals surface area contributed by atoms with E-state index in [1.165, 1.54) is 12.1 Å². The second-order valence-electron chi connectivity index (χ2n) is 4.60. The summed E-state index contributed by atoms with van der Waals surface area (Å²) in [7, 11) is 0. The third kappa shape index (κ3) is 2.59. The number of hydrogen-bond donors (Lipinski definition) is 0. The summed E-state index contributed by atoms with van der Waals surface area (Å²) in [6.07, 6.45) is 0. The fraction of sp³-hybridized carbons (Fsp3) is 0.0667. The molecule has 2 aromatic rings. The van der Waals surface area contributed by atoms with E-state index in [1.54, 1.807) is 12.1 Å². The van der Waals surface area contributed by atoms with E-state index in [0.29, 0.717) is 11.0 Å². The molecular formula is C15H7BrF3NO3. The third-order valence-corrected chi connectivity index (χ3v) is 3.87. The topological polar surface area (TPSA) is 46.6 Å². The van der Waals surface area contributed by atoms with Gasteiger partial charge in [0.25, 0.3) is 11.8 Å². The molecule has 0 spiro atoms. The van der Waals surface area contributed by atoms with E-state index in [0.717, 1.165) is 6.07 Å². The highest BCUT2D eigenvalue weighted by Crippen LogP contribution is 2.36. The minimum Gasteiger partial charge on any atom is -0.434 e. The SMILES string of the molecule is O=C1c2ccccc2C(=O)N1c1cc(Br)c(OC(F)F)cc1F. The molecule has 0 unspecified atom stereocenters. The molecule has 0 aromatic heterocycles. The molecule has 0 N–H and O–H groups in total. The Labute approximate surface area is 136 Å². The number of imide groups is 1. The first kappa shape index (κ1) is 15.5. The highest BCUT2D eigenvalue weighted by molar-refractivity contribution is 9.10. The Kier molecular flexibility index (Phi) is 3.85. The van der Waals surface area contributed by atoms with Crippen LogP contribution in [-0.2, 0) is 0 Å². The highest BCUT2D eigenvalue weighted by Gasteiger charge is 2.38. The van der Waals surface area contributed by atoms with Gasteiger partial charge < -0.3 is 4.74 Å². The van der Waals surface area contributed by atoms with Crippen molar-refractivity contribution in [2.45, 2.75) is 6.61 Å². The summed E-state index contributed by atoms with van der Waals surface area (Å²) in [6, 6.07) is 7.82. The largest absolute Gasteiger partial charge is 0.434 e. The summed E-state index contributed by atoms with van der Waals surface area (Å²) in [5, 5.41) is 0. The summed E-state index contributed by atoms with van der Waals surface area (Å²) in [6.45, 7) is -3.13. The lowest BCUT2D eigenvalue weighted by Gasteiger charge is -2.16. The average Bonchev–Trinajstić information content (AvgIpc) is 2.75. The van der Waals surface area contributed by atoms with Crippen LogP contribution < -0.4 is 9.64 Å². The molecule has 1 aliphatic heterocycles. The van der Waals surface area contributed by atoms with Crippen LogP contribution in [0.4, 0.5) is 18.9 Å². The molecule has 1 heterocycles. The van der Waals surface area contributed by atoms with Crippen LogP contribution >= 0.6 is 15.9 Å². The number of hydrogen-bond acceptors (Lipinski definition) is 3. The van der Waals surface area contributed by atoms with Crippen LogP contribution in [0.5, 0.6) is 5.75 Å². The predicted molar refractivity (Wildman–Crippen MR) is 78.3 cm³/mol. The monoisotopic (exact) mass is 385 g/mol. The number of ether oxygens (including phenoxy) is 1. The number of anilines is 1. The van der Waals surface area contributed by atoms with E-state index < -0.39 is 30.0 Å². The van der Waals surface area contributed by atoms with Crippen molar-refractivity contribution in [2.75, 3.05) is 4.90 Å². The Morgan fingerprint density at radius 3 is 2.13 bits per heavy atom. The zero-order valence-corrected chi connectivity index (χ0v) is 12.8. The summed E-state index contributed by atoms with van der Waals surface area (Å²) >= 11 is 2.96. The van der Waals surface area contributed by atoms with Crippen molar-refractivity contribution in [1.29, 1.82) is 0 Å². The lowest BCUT2D eigenvalue weighted by Crippen LogP contribution is -2.30. The third-order valence-electron chi connectivity index (χ3n) is 3.25. The molecule has 0 fully saturated rings. The number of amides is 2. The second kappa shape index (κ2) is 5.69. The Morgan fingerprint density at radius 2 is 1.61 bits per heavy atom. The number of carbonyl (C=O) groups excluding carboxylic acids is 2. The molecule has 3 rings (SSSR count). The fourth-order valence-corrected chi connectivity index (χ4v) is 2.71. The zero-order chi connectivity index (χ0) is 16.7. The molecule has 2 aromatic carbocycles. The molecule has 0 bridgehead atoms. The van der Waals surface area contributed by atoms with Crippen molar-refractivity contribution < 1.29 is 27.5 Å². The Hall–Kier alpha value is -2.35. The molecule has 0 atom stereocenters. The molecule has 0 radical (unpaired) electrons. The molecule has 23 heavy (non-hydrogen) atoms. The quantitative estimate of drug-likeness (QED) is 0.750. The fourth-order valence-electron chi connectivity index (χ4n) is 2.28. The van der Waals surface area contributed by atoms with E-state index in [1.807, 2.05) is 0 Å². The maximum Gasteiger partial charge on any atom is 0.387 e. The number of nitrogens with zero attached hydrogens (tertiary/aromatic N) is 1. The van der Waals surface area contributed by atoms with Crippen LogP contribution in [0.15, 0.2) is 40.9 Å². The van der Waals surface area contributed by atoms with E-state index >= 15 is 0 Å². The van der Waals surface area contributed by atoms with Crippen LogP contribution in [0.2, 0.25) is 0 Å². The number of halogens is 4. The molecule has 8 heteroatoms. The number of benzene rings is 2. The summed E-state index contributed by atoms with van der Waals surface area (Å²) in [4.78, 5) is 25.3. The Morgan fingerprint density at radius 1 is 1.04 bits per heavy atom. The highest BCUT2D eigenvalue weighted by atomic mass is 79.9. The van der Waals surface area contributed by atoms with Gasteiger partial charge in [0.1, 0.15) is 5.75 Å². The molecule has 0 aliphatic carbocycles. The van der Waals surface area contributed by atoms with Crippen LogP contribution in [0.1, 0.15) is 20.7 Å². The lowest BCUT2D eigenvalue weighted by molar-refractivity contribution is -0.0505. The van der Waals surface area contributed by atoms with Crippen molar-refractivity contribution in [1.82, 2.24) is 0 Å². The molecule has 0 saturated heterocycles. The molecule has 1 aliphatic rings. The van der Waals surface area contributed by atoms with E-state index in [4.69, 9.17) is 0 Å². The molecular weight excluding hydrogens is 379 g/mol. The van der Waals surface area contributed by atoms with Crippen molar-refractivity contribution in [2.24, 2.45) is 0 Å². The van der Waals surface area contributed by atoms with Gasteiger partial charge in [0.15, 0.2) is 5.82 Å². The summed E-state index contributed by atoms with van der Waals surface area (Å²) in [5.41, 5.74) is -0.0356. The summed E-state index contributed by atoms with van der Waals surface area (Å²) in [5.74, 6) is -2.82. The van der Waals surface area contributed by atoms with Gasteiger partial charge in [0.2, 0.25) is 0 Å². The summed E-state index contributed by atoms with van der Waals surface area (Å²) < 4.78 is 42.9. The van der Waals surface area contributed by atoms with Crippen molar-refractivity contribution in [3.63, 3.8) is 0 Å². The minimum absolute atomic E-state index is 0.00856. The lowest BCUT2D eigenvalue weighted by atomic mass is 10.1. The molecule has 4 nitrogen and oxygen atoms in total. The average molecular weight is 386 g/mol. The van der Waals surface area contributed by atoms with Crippen molar-refractivity contribution in [3.05, 3.63) is 57.8 Å². The molecule has 2 amide bonds. The standard InChI is InChI=1S/C15H7BrF3NO3/c16-9-5-11(10(17)6-12(9)23-15(18)19)20-13(21)7-3-1-2-4-8(7)14(20)22/h1-6,15H. The number of carbonyl (C=O) groups is 2. The minimum atomic E-state index is -3.13. The van der Waals surface area contributed by atoms with Gasteiger partial charge >= 0.3 is 6.61 Å². The van der Waals surface area contributed by atoms with Crippen LogP contribution in [0, 0.1) is 5.82 Å². The van der Waals surface area contributed by atoms with Gasteiger partial charge in [0, 0.05) is 6.07 Å². The van der Waals surface area contributed by atoms with Gasteiger partial charge in [0.05, 0.1) is 21.3 Å². The van der Waals surface area contributed by atoms with Gasteiger partial charge in [-0.2, -0.15) is 8.78 Å². The smallest absolute Gasteiger partial charge is 0.387 e. The van der Waals surface area contributed by atoms with Crippen LogP contribution in [0.3, 0.4) is 0 Å². The van der Waals surface area contributed by atoms with Gasteiger partial charge in [-0.3, -0.25) is 9.59 Å². The van der Waals surface area contributed by atoms with Gasteiger partial charge in [-0.1, -0.05) is 12.1 Å². The van der Waals surface area contributed by atoms with Crippen molar-refractivity contribution >= 4 is 33.4 Å². The first-order chi connectivity index (χ1) is 10.9. The predicted octanol–water partition coefficient (Wildman–Crippen LogP) is 3.99. The first-order valence-corrected chi connectivity index (χ1v) is 7.11. The number of alkyl halides is 2. The normalized spacial score (nSPS) is 13.7. The molecule has 0 saturated carbocycles. The van der Waals surface area contributed by atoms with Gasteiger partial charge in [-0.15, -0.1) is 0 Å². The van der Waals surface area contributed by atoms with E-state index in [2.05, 4.69) is 20.7 Å². The zero-order valence-electron chi connectivity index (χ0n) is 11.2. The Balaban J connectivity index is 2.05. The number of rotatable bonds is 3. The van der Waals surface area contributed by atoms with E-state index in [9.17, 15) is 22.8 Å². The van der Waals surface area contributed by atoms with Crippen LogP contribution in [0.25, 0.3) is 0 Å².